The summed E-state index contributed by atoms with van der Waals surface area (Å²) in [4.78, 5) is 39.1. The van der Waals surface area contributed by atoms with Gasteiger partial charge in [0.1, 0.15) is 6.42 Å². The number of aryl methyl sites for hydroxylation is 1. The molecule has 2 aromatic rings. The summed E-state index contributed by atoms with van der Waals surface area (Å²) in [5, 5.41) is 3.73. The summed E-state index contributed by atoms with van der Waals surface area (Å²) in [5.41, 5.74) is 0.533. The normalized spacial score (nSPS) is 23.4. The van der Waals surface area contributed by atoms with E-state index in [0.717, 1.165) is 12.1 Å². The average molecular weight is 370 g/mol. The number of amides is 2. The quantitative estimate of drug-likeness (QED) is 0.765. The molecule has 1 spiro atoms. The number of anilines is 1. The molecule has 0 saturated carbocycles. The second-order valence-corrected chi connectivity index (χ2v) is 7.25. The molecular formula is C18H22N6O3. The van der Waals surface area contributed by atoms with Crippen LogP contribution in [0.25, 0.3) is 0 Å². The third-order valence-corrected chi connectivity index (χ3v) is 5.45. The maximum Gasteiger partial charge on any atom is 0.241 e. The Bertz CT molecular complexity index is 854. The van der Waals surface area contributed by atoms with Crippen molar-refractivity contribution in [3.05, 3.63) is 36.2 Å². The van der Waals surface area contributed by atoms with Crippen molar-refractivity contribution in [3.63, 3.8) is 0 Å². The predicted octanol–water partition coefficient (Wildman–Crippen LogP) is 0.265. The molecule has 2 saturated heterocycles. The average Bonchev–Trinajstić information content (AvgIpc) is 3.26. The number of likely N-dealkylation sites (tertiary alicyclic amines) is 1. The van der Waals surface area contributed by atoms with Gasteiger partial charge in [0.15, 0.2) is 5.82 Å². The Kier molecular flexibility index (Phi) is 4.39. The molecular weight excluding hydrogens is 348 g/mol. The lowest BCUT2D eigenvalue weighted by atomic mass is 9.92. The van der Waals surface area contributed by atoms with Gasteiger partial charge in [0.2, 0.25) is 17.7 Å². The fraction of sp³-hybridized carbons (Fsp3) is 0.500. The van der Waals surface area contributed by atoms with Gasteiger partial charge in [0.05, 0.1) is 24.0 Å². The van der Waals surface area contributed by atoms with E-state index in [1.165, 1.54) is 0 Å². The van der Waals surface area contributed by atoms with Gasteiger partial charge in [-0.15, -0.1) is 0 Å². The summed E-state index contributed by atoms with van der Waals surface area (Å²) in [7, 11) is 1.95. The van der Waals surface area contributed by atoms with E-state index in [2.05, 4.69) is 20.0 Å². The highest BCUT2D eigenvalue weighted by atomic mass is 16.5. The Labute approximate surface area is 156 Å². The summed E-state index contributed by atoms with van der Waals surface area (Å²) >= 11 is 0. The van der Waals surface area contributed by atoms with Crippen molar-refractivity contribution in [1.82, 2.24) is 24.9 Å². The first-order chi connectivity index (χ1) is 13.0. The van der Waals surface area contributed by atoms with Gasteiger partial charge in [0.25, 0.3) is 0 Å². The van der Waals surface area contributed by atoms with Crippen molar-refractivity contribution in [2.75, 3.05) is 38.1 Å². The lowest BCUT2D eigenvalue weighted by molar-refractivity contribution is -0.130. The predicted molar refractivity (Wildman–Crippen MR) is 95.9 cm³/mol. The lowest BCUT2D eigenvalue weighted by Crippen LogP contribution is -2.64. The van der Waals surface area contributed by atoms with Gasteiger partial charge in [-0.1, -0.05) is 5.16 Å². The molecule has 27 heavy (non-hydrogen) atoms. The van der Waals surface area contributed by atoms with Crippen molar-refractivity contribution in [3.8, 4) is 0 Å². The molecule has 0 radical (unpaired) electrons. The molecule has 1 unspecified atom stereocenters. The van der Waals surface area contributed by atoms with Crippen LogP contribution in [0.2, 0.25) is 0 Å². The summed E-state index contributed by atoms with van der Waals surface area (Å²) < 4.78 is 5.06. The van der Waals surface area contributed by atoms with E-state index in [-0.39, 0.29) is 23.8 Å². The molecule has 2 aliphatic rings. The number of rotatable bonds is 3. The van der Waals surface area contributed by atoms with Crippen LogP contribution in [0.4, 0.5) is 5.69 Å². The van der Waals surface area contributed by atoms with E-state index in [0.29, 0.717) is 37.9 Å². The minimum atomic E-state index is -0.260. The molecule has 2 aliphatic heterocycles. The van der Waals surface area contributed by atoms with Crippen molar-refractivity contribution in [1.29, 1.82) is 0 Å². The molecule has 4 heterocycles. The number of piperazine rings is 1. The molecule has 0 aliphatic carbocycles. The highest BCUT2D eigenvalue weighted by Gasteiger charge is 2.48. The van der Waals surface area contributed by atoms with Crippen molar-refractivity contribution in [2.45, 2.75) is 25.3 Å². The number of pyridine rings is 1. The van der Waals surface area contributed by atoms with Crippen LogP contribution >= 0.6 is 0 Å². The number of hydrogen-bond acceptors (Lipinski definition) is 7. The standard InChI is InChI=1S/C18H22N6O3/c1-13-20-15(27-21-13)8-16(25)23-7-5-18(11-23)12-24(17(26)10-22(18)2)14-4-3-6-19-9-14/h3-4,6,9H,5,7-8,10-12H2,1-2H3. The Morgan fingerprint density at radius 3 is 2.93 bits per heavy atom. The van der Waals surface area contributed by atoms with Gasteiger partial charge in [0, 0.05) is 25.8 Å². The van der Waals surface area contributed by atoms with Crippen LogP contribution in [-0.2, 0) is 16.0 Å². The van der Waals surface area contributed by atoms with Crippen LogP contribution in [0.5, 0.6) is 0 Å². The fourth-order valence-electron chi connectivity index (χ4n) is 3.87. The maximum absolute atomic E-state index is 12.7. The Balaban J connectivity index is 1.49. The van der Waals surface area contributed by atoms with E-state index in [4.69, 9.17) is 4.52 Å². The van der Waals surface area contributed by atoms with Gasteiger partial charge in [-0.05, 0) is 32.5 Å². The van der Waals surface area contributed by atoms with E-state index in [1.54, 1.807) is 24.2 Å². The van der Waals surface area contributed by atoms with Gasteiger partial charge in [-0.3, -0.25) is 19.5 Å². The monoisotopic (exact) mass is 370 g/mol. The smallest absolute Gasteiger partial charge is 0.241 e. The van der Waals surface area contributed by atoms with Crippen LogP contribution in [-0.4, -0.2) is 75.5 Å². The van der Waals surface area contributed by atoms with Gasteiger partial charge >= 0.3 is 0 Å². The Morgan fingerprint density at radius 2 is 2.22 bits per heavy atom. The fourth-order valence-corrected chi connectivity index (χ4v) is 3.87. The summed E-state index contributed by atoms with van der Waals surface area (Å²) in [6.45, 7) is 3.80. The van der Waals surface area contributed by atoms with Crippen LogP contribution < -0.4 is 4.90 Å². The number of aromatic nitrogens is 3. The Morgan fingerprint density at radius 1 is 1.37 bits per heavy atom. The first-order valence-corrected chi connectivity index (χ1v) is 8.95. The Hall–Kier alpha value is -2.81. The van der Waals surface area contributed by atoms with Crippen LogP contribution in [0.1, 0.15) is 18.1 Å². The summed E-state index contributed by atoms with van der Waals surface area (Å²) in [6.07, 6.45) is 4.30. The first kappa shape index (κ1) is 17.6. The highest BCUT2D eigenvalue weighted by molar-refractivity contribution is 5.95. The molecule has 2 fully saturated rings. The number of carbonyl (C=O) groups excluding carboxylic acids is 2. The molecule has 0 bridgehead atoms. The maximum atomic E-state index is 12.7. The van der Waals surface area contributed by atoms with E-state index >= 15 is 0 Å². The van der Waals surface area contributed by atoms with Crippen molar-refractivity contribution >= 4 is 17.5 Å². The zero-order valence-corrected chi connectivity index (χ0v) is 15.5. The minimum absolute atomic E-state index is 0.0336. The number of likely N-dealkylation sites (N-methyl/N-ethyl adjacent to an activating group) is 1. The molecule has 0 aromatic carbocycles. The molecule has 4 rings (SSSR count). The van der Waals surface area contributed by atoms with Crippen molar-refractivity contribution in [2.24, 2.45) is 0 Å². The molecule has 0 N–H and O–H groups in total. The topological polar surface area (TPSA) is 95.7 Å². The number of hydrogen-bond donors (Lipinski definition) is 0. The number of nitrogens with zero attached hydrogens (tertiary/aromatic N) is 6. The molecule has 9 heteroatoms. The molecule has 9 nitrogen and oxygen atoms in total. The third kappa shape index (κ3) is 3.30. The van der Waals surface area contributed by atoms with E-state index in [9.17, 15) is 9.59 Å². The van der Waals surface area contributed by atoms with Gasteiger partial charge in [-0.25, -0.2) is 0 Å². The minimum Gasteiger partial charge on any atom is -0.340 e. The second kappa shape index (κ2) is 6.73. The summed E-state index contributed by atoms with van der Waals surface area (Å²) in [6, 6.07) is 3.71. The summed E-state index contributed by atoms with van der Waals surface area (Å²) in [5.74, 6) is 0.868. The van der Waals surface area contributed by atoms with Gasteiger partial charge < -0.3 is 14.3 Å². The number of carbonyl (C=O) groups is 2. The molecule has 1 atom stereocenters. The SMILES string of the molecule is Cc1noc(CC(=O)N2CCC3(C2)CN(c2cccnc2)C(=O)CN3C)n1. The zero-order chi connectivity index (χ0) is 19.0. The van der Waals surface area contributed by atoms with Crippen LogP contribution in [0.3, 0.4) is 0 Å². The van der Waals surface area contributed by atoms with Crippen LogP contribution in [0.15, 0.2) is 29.0 Å². The van der Waals surface area contributed by atoms with Crippen LogP contribution in [0, 0.1) is 6.92 Å². The zero-order valence-electron chi connectivity index (χ0n) is 15.5. The van der Waals surface area contributed by atoms with Gasteiger partial charge in [-0.2, -0.15) is 4.98 Å². The largest absolute Gasteiger partial charge is 0.340 e. The lowest BCUT2D eigenvalue weighted by Gasteiger charge is -2.46. The highest BCUT2D eigenvalue weighted by Crippen LogP contribution is 2.33. The van der Waals surface area contributed by atoms with E-state index in [1.807, 2.05) is 24.1 Å². The van der Waals surface area contributed by atoms with E-state index < -0.39 is 0 Å². The first-order valence-electron chi connectivity index (χ1n) is 8.95. The molecule has 2 aromatic heterocycles. The molecule has 142 valence electrons. The molecule has 2 amide bonds. The van der Waals surface area contributed by atoms with Crippen molar-refractivity contribution < 1.29 is 14.1 Å². The second-order valence-electron chi connectivity index (χ2n) is 7.25. The third-order valence-electron chi connectivity index (χ3n) is 5.45.